The van der Waals surface area contributed by atoms with Crippen LogP contribution in [0.5, 0.6) is 5.75 Å². The van der Waals surface area contributed by atoms with E-state index in [4.69, 9.17) is 16.3 Å². The molecular formula is C13H17ClO3. The van der Waals surface area contributed by atoms with Crippen molar-refractivity contribution in [2.75, 3.05) is 13.7 Å². The topological polar surface area (TPSA) is 35.5 Å². The van der Waals surface area contributed by atoms with E-state index in [1.54, 1.807) is 0 Å². The lowest BCUT2D eigenvalue weighted by atomic mass is 10.1. The molecule has 3 nitrogen and oxygen atoms in total. The lowest BCUT2D eigenvalue weighted by Crippen LogP contribution is -2.05. The summed E-state index contributed by atoms with van der Waals surface area (Å²) < 4.78 is 10.2. The van der Waals surface area contributed by atoms with Gasteiger partial charge < -0.3 is 9.47 Å². The predicted molar refractivity (Wildman–Crippen MR) is 67.7 cm³/mol. The molecule has 0 aliphatic rings. The molecule has 1 aromatic rings. The van der Waals surface area contributed by atoms with Crippen molar-refractivity contribution in [3.63, 3.8) is 0 Å². The van der Waals surface area contributed by atoms with Gasteiger partial charge in [0, 0.05) is 11.4 Å². The summed E-state index contributed by atoms with van der Waals surface area (Å²) in [5.74, 6) is 0.636. The van der Waals surface area contributed by atoms with E-state index < -0.39 is 0 Å². The molecule has 0 aliphatic carbocycles. The first kappa shape index (κ1) is 13.8. The SMILES string of the molecule is COC(=O)CCCOc1c(C)cc(Cl)cc1C. The van der Waals surface area contributed by atoms with Gasteiger partial charge in [0.25, 0.3) is 0 Å². The first-order valence-corrected chi connectivity index (χ1v) is 5.88. The van der Waals surface area contributed by atoms with Crippen LogP contribution >= 0.6 is 11.6 Å². The number of aryl methyl sites for hydroxylation is 2. The molecule has 4 heteroatoms. The van der Waals surface area contributed by atoms with Gasteiger partial charge in [-0.2, -0.15) is 0 Å². The molecule has 0 spiro atoms. The molecular weight excluding hydrogens is 240 g/mol. The number of methoxy groups -OCH3 is 1. The number of carbonyl (C=O) groups is 1. The minimum absolute atomic E-state index is 0.210. The van der Waals surface area contributed by atoms with Crippen molar-refractivity contribution in [1.82, 2.24) is 0 Å². The molecule has 0 fully saturated rings. The van der Waals surface area contributed by atoms with Gasteiger partial charge in [-0.25, -0.2) is 0 Å². The van der Waals surface area contributed by atoms with Crippen LogP contribution in [-0.2, 0) is 9.53 Å². The van der Waals surface area contributed by atoms with Crippen molar-refractivity contribution in [2.24, 2.45) is 0 Å². The molecule has 0 saturated carbocycles. The zero-order valence-electron chi connectivity index (χ0n) is 10.4. The number of halogens is 1. The Morgan fingerprint density at radius 3 is 2.41 bits per heavy atom. The van der Waals surface area contributed by atoms with E-state index >= 15 is 0 Å². The normalized spacial score (nSPS) is 10.1. The first-order valence-electron chi connectivity index (χ1n) is 5.51. The fraction of sp³-hybridized carbons (Fsp3) is 0.462. The van der Waals surface area contributed by atoms with E-state index in [-0.39, 0.29) is 5.97 Å². The van der Waals surface area contributed by atoms with Crippen LogP contribution in [0.25, 0.3) is 0 Å². The Labute approximate surface area is 107 Å². The summed E-state index contributed by atoms with van der Waals surface area (Å²) in [6.07, 6.45) is 1.02. The molecule has 1 aromatic carbocycles. The van der Waals surface area contributed by atoms with Crippen LogP contribution in [0.1, 0.15) is 24.0 Å². The van der Waals surface area contributed by atoms with E-state index in [0.717, 1.165) is 16.9 Å². The van der Waals surface area contributed by atoms with E-state index in [1.807, 2.05) is 26.0 Å². The predicted octanol–water partition coefficient (Wildman–Crippen LogP) is 3.29. The molecule has 0 heterocycles. The maximum atomic E-state index is 10.9. The van der Waals surface area contributed by atoms with Crippen molar-refractivity contribution < 1.29 is 14.3 Å². The second-order valence-corrected chi connectivity index (χ2v) is 4.33. The maximum Gasteiger partial charge on any atom is 0.305 e. The highest BCUT2D eigenvalue weighted by atomic mass is 35.5. The lowest BCUT2D eigenvalue weighted by Gasteiger charge is -2.12. The zero-order valence-corrected chi connectivity index (χ0v) is 11.1. The van der Waals surface area contributed by atoms with Gasteiger partial charge in [0.05, 0.1) is 13.7 Å². The summed E-state index contributed by atoms with van der Waals surface area (Å²) in [5, 5.41) is 0.710. The Morgan fingerprint density at radius 1 is 1.29 bits per heavy atom. The number of hydrogen-bond acceptors (Lipinski definition) is 3. The van der Waals surface area contributed by atoms with Crippen molar-refractivity contribution in [2.45, 2.75) is 26.7 Å². The minimum Gasteiger partial charge on any atom is -0.493 e. The highest BCUT2D eigenvalue weighted by molar-refractivity contribution is 6.30. The van der Waals surface area contributed by atoms with Gasteiger partial charge in [-0.05, 0) is 43.5 Å². The average molecular weight is 257 g/mol. The molecule has 0 bridgehead atoms. The van der Waals surface area contributed by atoms with E-state index in [1.165, 1.54) is 7.11 Å². The van der Waals surface area contributed by atoms with Crippen LogP contribution in [0.3, 0.4) is 0 Å². The van der Waals surface area contributed by atoms with Crippen molar-refractivity contribution >= 4 is 17.6 Å². The quantitative estimate of drug-likeness (QED) is 0.599. The number of esters is 1. The van der Waals surface area contributed by atoms with E-state index in [2.05, 4.69) is 4.74 Å². The molecule has 17 heavy (non-hydrogen) atoms. The fourth-order valence-corrected chi connectivity index (χ4v) is 1.95. The standard InChI is InChI=1S/C13H17ClO3/c1-9-7-11(14)8-10(2)13(9)17-6-4-5-12(15)16-3/h7-8H,4-6H2,1-3H3. The lowest BCUT2D eigenvalue weighted by molar-refractivity contribution is -0.140. The Kier molecular flexibility index (Phi) is 5.29. The summed E-state index contributed by atoms with van der Waals surface area (Å²) in [6, 6.07) is 3.73. The molecule has 0 aliphatic heterocycles. The second kappa shape index (κ2) is 6.50. The molecule has 0 unspecified atom stereocenters. The van der Waals surface area contributed by atoms with Crippen LogP contribution in [0.4, 0.5) is 0 Å². The van der Waals surface area contributed by atoms with Crippen molar-refractivity contribution in [3.05, 3.63) is 28.3 Å². The molecule has 0 radical (unpaired) electrons. The van der Waals surface area contributed by atoms with Crippen LogP contribution < -0.4 is 4.74 Å². The van der Waals surface area contributed by atoms with Gasteiger partial charge in [-0.1, -0.05) is 11.6 Å². The summed E-state index contributed by atoms with van der Waals surface area (Å²) in [6.45, 7) is 4.40. The van der Waals surface area contributed by atoms with Gasteiger partial charge in [0.15, 0.2) is 0 Å². The highest BCUT2D eigenvalue weighted by Gasteiger charge is 2.06. The largest absolute Gasteiger partial charge is 0.493 e. The van der Waals surface area contributed by atoms with Gasteiger partial charge in [-0.3, -0.25) is 4.79 Å². The molecule has 94 valence electrons. The Hall–Kier alpha value is -1.22. The molecule has 0 N–H and O–H groups in total. The fourth-order valence-electron chi connectivity index (χ4n) is 1.62. The van der Waals surface area contributed by atoms with Gasteiger partial charge in [0.2, 0.25) is 0 Å². The van der Waals surface area contributed by atoms with Gasteiger partial charge >= 0.3 is 5.97 Å². The van der Waals surface area contributed by atoms with Gasteiger partial charge in [-0.15, -0.1) is 0 Å². The third kappa shape index (κ3) is 4.27. The highest BCUT2D eigenvalue weighted by Crippen LogP contribution is 2.27. The number of hydrogen-bond donors (Lipinski definition) is 0. The average Bonchev–Trinajstić information content (AvgIpc) is 2.26. The summed E-state index contributed by atoms with van der Waals surface area (Å²) in [5.41, 5.74) is 2.01. The zero-order chi connectivity index (χ0) is 12.8. The molecule has 1 rings (SSSR count). The van der Waals surface area contributed by atoms with Crippen LogP contribution in [0, 0.1) is 13.8 Å². The number of benzene rings is 1. The summed E-state index contributed by atoms with van der Waals surface area (Å²) in [7, 11) is 1.39. The number of carbonyl (C=O) groups excluding carboxylic acids is 1. The smallest absolute Gasteiger partial charge is 0.305 e. The van der Waals surface area contributed by atoms with Crippen LogP contribution in [-0.4, -0.2) is 19.7 Å². The number of rotatable bonds is 5. The third-order valence-electron chi connectivity index (χ3n) is 2.42. The number of ether oxygens (including phenoxy) is 2. The minimum atomic E-state index is -0.210. The van der Waals surface area contributed by atoms with E-state index in [9.17, 15) is 4.79 Å². The Morgan fingerprint density at radius 2 is 1.88 bits per heavy atom. The molecule has 0 amide bonds. The maximum absolute atomic E-state index is 10.9. The monoisotopic (exact) mass is 256 g/mol. The van der Waals surface area contributed by atoms with Gasteiger partial charge in [0.1, 0.15) is 5.75 Å². The summed E-state index contributed by atoms with van der Waals surface area (Å²) in [4.78, 5) is 10.9. The molecule has 0 atom stereocenters. The Bertz CT molecular complexity index is 379. The Balaban J connectivity index is 2.50. The first-order chi connectivity index (χ1) is 8.04. The van der Waals surface area contributed by atoms with Crippen molar-refractivity contribution in [3.8, 4) is 5.75 Å². The molecule has 0 saturated heterocycles. The van der Waals surface area contributed by atoms with Crippen LogP contribution in [0.15, 0.2) is 12.1 Å². The van der Waals surface area contributed by atoms with Crippen LogP contribution in [0.2, 0.25) is 5.02 Å². The second-order valence-electron chi connectivity index (χ2n) is 3.90. The summed E-state index contributed by atoms with van der Waals surface area (Å²) >= 11 is 5.93. The van der Waals surface area contributed by atoms with E-state index in [0.29, 0.717) is 24.5 Å². The molecule has 0 aromatic heterocycles. The van der Waals surface area contributed by atoms with Crippen molar-refractivity contribution in [1.29, 1.82) is 0 Å². The third-order valence-corrected chi connectivity index (χ3v) is 2.64.